The summed E-state index contributed by atoms with van der Waals surface area (Å²) in [5.41, 5.74) is 0.0455. The van der Waals surface area contributed by atoms with Crippen molar-refractivity contribution in [3.8, 4) is 0 Å². The van der Waals surface area contributed by atoms with Crippen molar-refractivity contribution in [3.63, 3.8) is 0 Å². The fourth-order valence-corrected chi connectivity index (χ4v) is 2.62. The van der Waals surface area contributed by atoms with Crippen LogP contribution in [0.15, 0.2) is 11.4 Å². The fraction of sp³-hybridized carbons (Fsp3) is 0.700. The van der Waals surface area contributed by atoms with Crippen LogP contribution in [0, 0.1) is 5.92 Å². The summed E-state index contributed by atoms with van der Waals surface area (Å²) in [5.74, 6) is 0.290. The lowest BCUT2D eigenvalue weighted by Crippen LogP contribution is -2.42. The van der Waals surface area contributed by atoms with Crippen LogP contribution in [0.5, 0.6) is 0 Å². The van der Waals surface area contributed by atoms with Crippen LogP contribution in [0.3, 0.4) is 0 Å². The van der Waals surface area contributed by atoms with Gasteiger partial charge in [0.2, 0.25) is 0 Å². The van der Waals surface area contributed by atoms with Gasteiger partial charge in [-0.25, -0.2) is 0 Å². The first-order valence-electron chi connectivity index (χ1n) is 5.05. The molecule has 2 unspecified atom stereocenters. The molecule has 0 bridgehead atoms. The Morgan fingerprint density at radius 3 is 3.14 bits per heavy atom. The molecule has 2 rings (SSSR count). The molecule has 1 saturated heterocycles. The van der Waals surface area contributed by atoms with Crippen LogP contribution in [0.25, 0.3) is 0 Å². The molecule has 0 amide bonds. The molecule has 1 fully saturated rings. The van der Waals surface area contributed by atoms with Crippen LogP contribution >= 0.6 is 11.5 Å². The van der Waals surface area contributed by atoms with Crippen LogP contribution in [0.2, 0.25) is 0 Å². The van der Waals surface area contributed by atoms with Gasteiger partial charge in [0, 0.05) is 17.8 Å². The highest BCUT2D eigenvalue weighted by Gasteiger charge is 2.35. The summed E-state index contributed by atoms with van der Waals surface area (Å²) >= 11 is 1.40. The van der Waals surface area contributed by atoms with E-state index in [0.29, 0.717) is 5.92 Å². The van der Waals surface area contributed by atoms with E-state index in [-0.39, 0.29) is 0 Å². The quantitative estimate of drug-likeness (QED) is 0.778. The van der Waals surface area contributed by atoms with E-state index in [0.717, 1.165) is 31.6 Å². The van der Waals surface area contributed by atoms with E-state index in [4.69, 9.17) is 0 Å². The van der Waals surface area contributed by atoms with Crippen LogP contribution in [0.4, 0.5) is 0 Å². The predicted molar refractivity (Wildman–Crippen MR) is 57.3 cm³/mol. The minimum Gasteiger partial charge on any atom is -0.383 e. The third-order valence-corrected chi connectivity index (χ3v) is 3.61. The zero-order chi connectivity index (χ0) is 10.0. The molecule has 78 valence electrons. The molecule has 3 nitrogen and oxygen atoms in total. The highest BCUT2D eigenvalue weighted by Crippen LogP contribution is 2.32. The van der Waals surface area contributed by atoms with E-state index in [1.165, 1.54) is 11.5 Å². The minimum absolute atomic E-state index is 0.290. The van der Waals surface area contributed by atoms with Crippen molar-refractivity contribution in [2.45, 2.75) is 25.4 Å². The third kappa shape index (κ3) is 1.82. The second-order valence-electron chi connectivity index (χ2n) is 4.08. The maximum Gasteiger partial charge on any atom is 0.109 e. The van der Waals surface area contributed by atoms with E-state index in [9.17, 15) is 5.11 Å². The number of rotatable bonds is 2. The first-order valence-corrected chi connectivity index (χ1v) is 5.89. The molecule has 0 saturated carbocycles. The lowest BCUT2D eigenvalue weighted by molar-refractivity contribution is -0.0186. The van der Waals surface area contributed by atoms with Crippen molar-refractivity contribution < 1.29 is 5.11 Å². The Morgan fingerprint density at radius 2 is 2.57 bits per heavy atom. The van der Waals surface area contributed by atoms with Gasteiger partial charge in [0.05, 0.1) is 5.69 Å². The molecular weight excluding hydrogens is 196 g/mol. The highest BCUT2D eigenvalue weighted by atomic mass is 32.1. The number of piperidine rings is 1. The Morgan fingerprint density at radius 1 is 1.71 bits per heavy atom. The van der Waals surface area contributed by atoms with Gasteiger partial charge in [-0.1, -0.05) is 0 Å². The molecule has 0 radical (unpaired) electrons. The molecule has 14 heavy (non-hydrogen) atoms. The van der Waals surface area contributed by atoms with Crippen molar-refractivity contribution in [1.82, 2.24) is 9.69 Å². The summed E-state index contributed by atoms with van der Waals surface area (Å²) in [7, 11) is 0. The van der Waals surface area contributed by atoms with E-state index >= 15 is 0 Å². The van der Waals surface area contributed by atoms with Crippen molar-refractivity contribution >= 4 is 11.5 Å². The highest BCUT2D eigenvalue weighted by molar-refractivity contribution is 7.03. The maximum atomic E-state index is 10.4. The second-order valence-corrected chi connectivity index (χ2v) is 4.74. The van der Waals surface area contributed by atoms with Gasteiger partial charge in [-0.2, -0.15) is 4.37 Å². The van der Waals surface area contributed by atoms with E-state index < -0.39 is 5.60 Å². The molecular formula is C10H16N2OS. The fourth-order valence-electron chi connectivity index (χ4n) is 2.01. The van der Waals surface area contributed by atoms with Crippen molar-refractivity contribution in [3.05, 3.63) is 17.1 Å². The molecule has 1 aliphatic rings. The van der Waals surface area contributed by atoms with Gasteiger partial charge in [0.1, 0.15) is 5.60 Å². The number of hydrogen-bond acceptors (Lipinski definition) is 4. The van der Waals surface area contributed by atoms with Gasteiger partial charge in [0.25, 0.3) is 0 Å². The summed E-state index contributed by atoms with van der Waals surface area (Å²) < 4.78 is 4.23. The Labute approximate surface area is 88.3 Å². The zero-order valence-corrected chi connectivity index (χ0v) is 9.18. The number of aromatic nitrogens is 1. The molecule has 2 heterocycles. The van der Waals surface area contributed by atoms with Gasteiger partial charge in [-0.15, -0.1) is 0 Å². The SMILES string of the molecule is CC(O)(c1ccsn1)C1CCCNC1. The maximum absolute atomic E-state index is 10.4. The predicted octanol–water partition coefficient (Wildman–Crippen LogP) is 1.35. The Hall–Kier alpha value is -0.450. The largest absolute Gasteiger partial charge is 0.383 e. The van der Waals surface area contributed by atoms with E-state index in [1.54, 1.807) is 0 Å². The average molecular weight is 212 g/mol. The van der Waals surface area contributed by atoms with Crippen molar-refractivity contribution in [1.29, 1.82) is 0 Å². The summed E-state index contributed by atoms with van der Waals surface area (Å²) in [4.78, 5) is 0. The standard InChI is InChI=1S/C10H16N2OS/c1-10(13,9-4-6-14-12-9)8-3-2-5-11-7-8/h4,6,8,11,13H,2-3,5,7H2,1H3. The van der Waals surface area contributed by atoms with Gasteiger partial charge >= 0.3 is 0 Å². The summed E-state index contributed by atoms with van der Waals surface area (Å²) in [6.45, 7) is 3.84. The Kier molecular flexibility index (Phi) is 2.85. The molecule has 1 aromatic rings. The zero-order valence-electron chi connectivity index (χ0n) is 8.36. The molecule has 1 aromatic heterocycles. The van der Waals surface area contributed by atoms with Gasteiger partial charge in [-0.3, -0.25) is 0 Å². The number of nitrogens with zero attached hydrogens (tertiary/aromatic N) is 1. The first-order chi connectivity index (χ1) is 6.71. The first kappa shape index (κ1) is 10.1. The molecule has 0 aliphatic carbocycles. The molecule has 0 spiro atoms. The van der Waals surface area contributed by atoms with Crippen LogP contribution in [0.1, 0.15) is 25.5 Å². The monoisotopic (exact) mass is 212 g/mol. The van der Waals surface area contributed by atoms with E-state index in [1.807, 2.05) is 18.4 Å². The van der Waals surface area contributed by atoms with Crippen LogP contribution in [-0.4, -0.2) is 22.6 Å². The normalized spacial score (nSPS) is 27.1. The molecule has 2 N–H and O–H groups in total. The summed E-state index contributed by atoms with van der Waals surface area (Å²) in [5, 5.41) is 15.6. The smallest absolute Gasteiger partial charge is 0.109 e. The summed E-state index contributed by atoms with van der Waals surface area (Å²) in [6, 6.07) is 1.92. The van der Waals surface area contributed by atoms with Crippen LogP contribution < -0.4 is 5.32 Å². The molecule has 4 heteroatoms. The van der Waals surface area contributed by atoms with E-state index in [2.05, 4.69) is 9.69 Å². The van der Waals surface area contributed by atoms with Gasteiger partial charge in [-0.05, 0) is 43.9 Å². The third-order valence-electron chi connectivity index (χ3n) is 3.05. The molecule has 0 aromatic carbocycles. The lowest BCUT2D eigenvalue weighted by Gasteiger charge is -2.34. The topological polar surface area (TPSA) is 45.2 Å². The van der Waals surface area contributed by atoms with Crippen molar-refractivity contribution in [2.75, 3.05) is 13.1 Å². The number of aliphatic hydroxyl groups is 1. The molecule has 1 aliphatic heterocycles. The molecule has 2 atom stereocenters. The number of nitrogens with one attached hydrogen (secondary N) is 1. The van der Waals surface area contributed by atoms with Gasteiger partial charge < -0.3 is 10.4 Å². The van der Waals surface area contributed by atoms with Crippen LogP contribution in [-0.2, 0) is 5.60 Å². The van der Waals surface area contributed by atoms with Gasteiger partial charge in [0.15, 0.2) is 0 Å². The Balaban J connectivity index is 2.14. The summed E-state index contributed by atoms with van der Waals surface area (Å²) in [6.07, 6.45) is 2.22. The Bertz CT molecular complexity index is 278. The van der Waals surface area contributed by atoms with Crippen molar-refractivity contribution in [2.24, 2.45) is 5.92 Å². The lowest BCUT2D eigenvalue weighted by atomic mass is 9.81. The average Bonchev–Trinajstić information content (AvgIpc) is 2.72. The second kappa shape index (κ2) is 3.96. The minimum atomic E-state index is -0.770. The number of hydrogen-bond donors (Lipinski definition) is 2.